The Balaban J connectivity index is 2.23. The lowest BCUT2D eigenvalue weighted by molar-refractivity contribution is -0.146. The lowest BCUT2D eigenvalue weighted by Crippen LogP contribution is -2.49. The number of rotatable bonds is 6. The fraction of sp³-hybridized carbons (Fsp3) is 0.471. The quantitative estimate of drug-likeness (QED) is 0.814. The molecule has 0 aliphatic carbocycles. The van der Waals surface area contributed by atoms with Crippen molar-refractivity contribution in [2.75, 3.05) is 19.6 Å². The van der Waals surface area contributed by atoms with Crippen molar-refractivity contribution in [2.45, 2.75) is 32.2 Å². The second-order valence-electron chi connectivity index (χ2n) is 5.93. The summed E-state index contributed by atoms with van der Waals surface area (Å²) in [6.45, 7) is 2.25. The lowest BCUT2D eigenvalue weighted by Gasteiger charge is -2.29. The van der Waals surface area contributed by atoms with E-state index in [1.54, 1.807) is 6.07 Å². The highest BCUT2D eigenvalue weighted by molar-refractivity contribution is 6.35. The number of carbonyl (C=O) groups is 3. The second-order valence-corrected chi connectivity index (χ2v) is 6.78. The number of nitrogens with zero attached hydrogens (tertiary/aromatic N) is 2. The summed E-state index contributed by atoms with van der Waals surface area (Å²) >= 11 is 12.0. The molecule has 136 valence electrons. The highest BCUT2D eigenvalue weighted by Crippen LogP contribution is 2.27. The van der Waals surface area contributed by atoms with Gasteiger partial charge in [-0.2, -0.15) is 0 Å². The van der Waals surface area contributed by atoms with Crippen molar-refractivity contribution in [3.8, 4) is 0 Å². The summed E-state index contributed by atoms with van der Waals surface area (Å²) in [4.78, 5) is 39.4. The van der Waals surface area contributed by atoms with Crippen molar-refractivity contribution >= 4 is 41.0 Å². The van der Waals surface area contributed by atoms with E-state index in [-0.39, 0.29) is 28.9 Å². The lowest BCUT2D eigenvalue weighted by atomic mass is 10.1. The van der Waals surface area contributed by atoms with Crippen LogP contribution in [0.3, 0.4) is 0 Å². The molecule has 2 amide bonds. The monoisotopic (exact) mass is 386 g/mol. The third-order valence-electron chi connectivity index (χ3n) is 4.09. The number of carboxylic acid groups (broad SMARTS) is 1. The van der Waals surface area contributed by atoms with E-state index in [1.807, 2.05) is 6.92 Å². The molecule has 1 aromatic carbocycles. The topological polar surface area (TPSA) is 77.9 Å². The average molecular weight is 387 g/mol. The molecule has 1 heterocycles. The highest BCUT2D eigenvalue weighted by Gasteiger charge is 2.37. The zero-order chi connectivity index (χ0) is 18.6. The van der Waals surface area contributed by atoms with Gasteiger partial charge in [0.05, 0.1) is 10.6 Å². The van der Waals surface area contributed by atoms with Crippen LogP contribution in [0.2, 0.25) is 10.0 Å². The molecule has 8 heteroatoms. The first-order valence-electron chi connectivity index (χ1n) is 8.11. The van der Waals surface area contributed by atoms with Gasteiger partial charge in [0.25, 0.3) is 5.91 Å². The molecule has 1 saturated heterocycles. The van der Waals surface area contributed by atoms with Crippen LogP contribution in [0.5, 0.6) is 0 Å². The number of hydrogen-bond acceptors (Lipinski definition) is 3. The maximum absolute atomic E-state index is 12.8. The summed E-state index contributed by atoms with van der Waals surface area (Å²) in [5.74, 6) is -1.78. The molecule has 1 aliphatic rings. The molecule has 1 N–H and O–H groups in total. The van der Waals surface area contributed by atoms with Crippen LogP contribution in [0.4, 0.5) is 0 Å². The molecule has 0 saturated carbocycles. The predicted molar refractivity (Wildman–Crippen MR) is 95.0 cm³/mol. The van der Waals surface area contributed by atoms with Gasteiger partial charge in [-0.1, -0.05) is 30.1 Å². The number of carboxylic acids is 1. The minimum absolute atomic E-state index is 0.245. The summed E-state index contributed by atoms with van der Waals surface area (Å²) in [5, 5.41) is 9.67. The van der Waals surface area contributed by atoms with Crippen LogP contribution in [-0.2, 0) is 9.59 Å². The third kappa shape index (κ3) is 4.64. The van der Waals surface area contributed by atoms with E-state index in [2.05, 4.69) is 0 Å². The molecule has 0 bridgehead atoms. The van der Waals surface area contributed by atoms with Crippen LogP contribution in [0, 0.1) is 0 Å². The Morgan fingerprint density at radius 2 is 2.04 bits per heavy atom. The number of halogens is 2. The first-order chi connectivity index (χ1) is 11.8. The number of carbonyl (C=O) groups excluding carboxylic acids is 2. The van der Waals surface area contributed by atoms with E-state index in [9.17, 15) is 14.4 Å². The maximum Gasteiger partial charge on any atom is 0.323 e. The Morgan fingerprint density at radius 3 is 2.68 bits per heavy atom. The van der Waals surface area contributed by atoms with Crippen LogP contribution in [0.15, 0.2) is 18.2 Å². The Labute approximate surface area is 156 Å². The number of hydrogen-bond donors (Lipinski definition) is 1. The van der Waals surface area contributed by atoms with Crippen LogP contribution in [0.25, 0.3) is 0 Å². The van der Waals surface area contributed by atoms with Crippen LogP contribution < -0.4 is 0 Å². The Hall–Kier alpha value is -1.79. The van der Waals surface area contributed by atoms with Crippen molar-refractivity contribution in [1.29, 1.82) is 0 Å². The molecule has 6 nitrogen and oxygen atoms in total. The van der Waals surface area contributed by atoms with Crippen molar-refractivity contribution in [2.24, 2.45) is 0 Å². The molecule has 1 aromatic rings. The first-order valence-corrected chi connectivity index (χ1v) is 8.87. The van der Waals surface area contributed by atoms with Crippen LogP contribution >= 0.6 is 23.2 Å². The Kier molecular flexibility index (Phi) is 6.67. The molecular weight excluding hydrogens is 367 g/mol. The summed E-state index contributed by atoms with van der Waals surface area (Å²) < 4.78 is 0. The molecule has 1 fully saturated rings. The Bertz CT molecular complexity index is 681. The van der Waals surface area contributed by atoms with Crippen molar-refractivity contribution in [3.05, 3.63) is 33.8 Å². The number of amides is 2. The zero-order valence-corrected chi connectivity index (χ0v) is 15.4. The number of aliphatic carboxylic acids is 1. The molecule has 1 atom stereocenters. The molecule has 2 rings (SSSR count). The fourth-order valence-corrected chi connectivity index (χ4v) is 3.36. The Morgan fingerprint density at radius 1 is 1.32 bits per heavy atom. The minimum Gasteiger partial charge on any atom is -0.480 e. The van der Waals surface area contributed by atoms with Gasteiger partial charge in [-0.05, 0) is 37.5 Å². The first kappa shape index (κ1) is 19.5. The predicted octanol–water partition coefficient (Wildman–Crippen LogP) is 2.92. The highest BCUT2D eigenvalue weighted by atomic mass is 35.5. The van der Waals surface area contributed by atoms with Gasteiger partial charge in [-0.25, -0.2) is 0 Å². The zero-order valence-electron chi connectivity index (χ0n) is 13.9. The van der Waals surface area contributed by atoms with E-state index in [4.69, 9.17) is 28.3 Å². The van der Waals surface area contributed by atoms with Gasteiger partial charge in [-0.15, -0.1) is 0 Å². The van der Waals surface area contributed by atoms with E-state index in [1.165, 1.54) is 21.9 Å². The van der Waals surface area contributed by atoms with Gasteiger partial charge >= 0.3 is 5.97 Å². The summed E-state index contributed by atoms with van der Waals surface area (Å²) in [6.07, 6.45) is 1.82. The van der Waals surface area contributed by atoms with E-state index in [0.717, 1.165) is 0 Å². The smallest absolute Gasteiger partial charge is 0.323 e. The summed E-state index contributed by atoms with van der Waals surface area (Å²) in [7, 11) is 0. The molecule has 1 unspecified atom stereocenters. The van der Waals surface area contributed by atoms with Crippen LogP contribution in [-0.4, -0.2) is 58.4 Å². The van der Waals surface area contributed by atoms with Gasteiger partial charge in [0.1, 0.15) is 12.6 Å². The molecular formula is C17H20Cl2N2O4. The normalized spacial score (nSPS) is 16.8. The molecule has 1 aliphatic heterocycles. The van der Waals surface area contributed by atoms with E-state index in [0.29, 0.717) is 37.4 Å². The van der Waals surface area contributed by atoms with Crippen LogP contribution in [0.1, 0.15) is 36.5 Å². The molecule has 25 heavy (non-hydrogen) atoms. The minimum atomic E-state index is -1.07. The number of benzene rings is 1. The van der Waals surface area contributed by atoms with E-state index >= 15 is 0 Å². The van der Waals surface area contributed by atoms with Gasteiger partial charge in [0.2, 0.25) is 5.91 Å². The van der Waals surface area contributed by atoms with Gasteiger partial charge in [-0.3, -0.25) is 14.4 Å². The van der Waals surface area contributed by atoms with Gasteiger partial charge in [0.15, 0.2) is 0 Å². The molecule has 0 aromatic heterocycles. The SMILES string of the molecule is CCCN(CC(=O)O)C(=O)C1CCCN1C(=O)c1cc(Cl)ccc1Cl. The average Bonchev–Trinajstić information content (AvgIpc) is 3.04. The van der Waals surface area contributed by atoms with Gasteiger partial charge in [0, 0.05) is 18.1 Å². The van der Waals surface area contributed by atoms with Crippen molar-refractivity contribution in [3.63, 3.8) is 0 Å². The van der Waals surface area contributed by atoms with Crippen molar-refractivity contribution < 1.29 is 19.5 Å². The standard InChI is InChI=1S/C17H20Cl2N2O4/c1-2-7-20(10-15(22)23)17(25)14-4-3-8-21(14)16(24)12-9-11(18)5-6-13(12)19/h5-6,9,14H,2-4,7-8,10H2,1H3,(H,22,23). The second kappa shape index (κ2) is 8.54. The molecule has 0 radical (unpaired) electrons. The number of likely N-dealkylation sites (tertiary alicyclic amines) is 1. The van der Waals surface area contributed by atoms with Gasteiger partial charge < -0.3 is 14.9 Å². The van der Waals surface area contributed by atoms with Crippen molar-refractivity contribution in [1.82, 2.24) is 9.80 Å². The van der Waals surface area contributed by atoms with E-state index < -0.39 is 12.0 Å². The molecule has 0 spiro atoms. The fourth-order valence-electron chi connectivity index (χ4n) is 2.99. The maximum atomic E-state index is 12.8. The largest absolute Gasteiger partial charge is 0.480 e. The third-order valence-corrected chi connectivity index (χ3v) is 4.65. The summed E-state index contributed by atoms with van der Waals surface area (Å²) in [5.41, 5.74) is 0.245. The summed E-state index contributed by atoms with van der Waals surface area (Å²) in [6, 6.07) is 3.93.